The van der Waals surface area contributed by atoms with Gasteiger partial charge in [-0.2, -0.15) is 0 Å². The van der Waals surface area contributed by atoms with E-state index in [9.17, 15) is 4.79 Å². The topological polar surface area (TPSA) is 44.8 Å². The number of benzene rings is 2. The Kier molecular flexibility index (Phi) is 3.52. The normalized spacial score (nSPS) is 12.9. The highest BCUT2D eigenvalue weighted by Gasteiger charge is 2.16. The predicted octanol–water partition coefficient (Wildman–Crippen LogP) is 3.29. The number of hydrogen-bond acceptors (Lipinski definition) is 4. The van der Waals surface area contributed by atoms with Crippen LogP contribution in [0.4, 0.5) is 0 Å². The second-order valence-electron chi connectivity index (χ2n) is 4.99. The molecule has 0 N–H and O–H groups in total. The van der Waals surface area contributed by atoms with Crippen LogP contribution in [-0.4, -0.2) is 19.2 Å². The lowest BCUT2D eigenvalue weighted by atomic mass is 10.1. The predicted molar refractivity (Wildman–Crippen MR) is 78.3 cm³/mol. The molecule has 0 saturated heterocycles. The highest BCUT2D eigenvalue weighted by Crippen LogP contribution is 2.31. The number of ether oxygens (including phenoxy) is 3. The molecule has 108 valence electrons. The molecule has 2 aromatic rings. The van der Waals surface area contributed by atoms with Gasteiger partial charge < -0.3 is 14.2 Å². The largest absolute Gasteiger partial charge is 0.486 e. The van der Waals surface area contributed by atoms with Gasteiger partial charge in [-0.05, 0) is 55.3 Å². The molecule has 2 aromatic carbocycles. The van der Waals surface area contributed by atoms with Crippen LogP contribution in [0.2, 0.25) is 0 Å². The fraction of sp³-hybridized carbons (Fsp3) is 0.235. The molecule has 0 aromatic heterocycles. The third-order valence-electron chi connectivity index (χ3n) is 3.47. The summed E-state index contributed by atoms with van der Waals surface area (Å²) in [6.45, 7) is 5.01. The molecule has 1 aliphatic heterocycles. The summed E-state index contributed by atoms with van der Waals surface area (Å²) in [6, 6.07) is 10.6. The van der Waals surface area contributed by atoms with Crippen LogP contribution < -0.4 is 14.2 Å². The molecule has 0 radical (unpaired) electrons. The van der Waals surface area contributed by atoms with Gasteiger partial charge in [-0.3, -0.25) is 0 Å². The zero-order chi connectivity index (χ0) is 14.8. The Balaban J connectivity index is 1.80. The summed E-state index contributed by atoms with van der Waals surface area (Å²) >= 11 is 0. The lowest BCUT2D eigenvalue weighted by Gasteiger charge is -2.18. The van der Waals surface area contributed by atoms with E-state index in [1.807, 2.05) is 26.0 Å². The maximum atomic E-state index is 12.2. The fourth-order valence-electron chi connectivity index (χ4n) is 2.11. The van der Waals surface area contributed by atoms with Gasteiger partial charge in [-0.1, -0.05) is 6.07 Å². The molecular formula is C17H16O4. The van der Waals surface area contributed by atoms with Crippen LogP contribution in [0.1, 0.15) is 21.5 Å². The first kappa shape index (κ1) is 13.5. The molecule has 0 aliphatic carbocycles. The number of aryl methyl sites for hydroxylation is 2. The number of hydrogen-bond donors (Lipinski definition) is 0. The molecule has 0 saturated carbocycles. The van der Waals surface area contributed by atoms with E-state index in [1.165, 1.54) is 0 Å². The summed E-state index contributed by atoms with van der Waals surface area (Å²) in [5.41, 5.74) is 2.69. The van der Waals surface area contributed by atoms with E-state index in [2.05, 4.69) is 0 Å². The molecule has 0 spiro atoms. The zero-order valence-electron chi connectivity index (χ0n) is 12.0. The van der Waals surface area contributed by atoms with Crippen LogP contribution in [0.5, 0.6) is 17.2 Å². The van der Waals surface area contributed by atoms with Crippen molar-refractivity contribution in [2.24, 2.45) is 0 Å². The van der Waals surface area contributed by atoms with Crippen molar-refractivity contribution in [3.8, 4) is 17.2 Å². The smallest absolute Gasteiger partial charge is 0.343 e. The van der Waals surface area contributed by atoms with Gasteiger partial charge in [0.2, 0.25) is 0 Å². The van der Waals surface area contributed by atoms with Crippen molar-refractivity contribution in [2.75, 3.05) is 13.2 Å². The van der Waals surface area contributed by atoms with Crippen LogP contribution in [0.3, 0.4) is 0 Å². The van der Waals surface area contributed by atoms with Gasteiger partial charge in [-0.25, -0.2) is 4.79 Å². The summed E-state index contributed by atoms with van der Waals surface area (Å²) in [5.74, 6) is 1.37. The highest BCUT2D eigenvalue weighted by molar-refractivity contribution is 5.91. The lowest BCUT2D eigenvalue weighted by molar-refractivity contribution is 0.0733. The summed E-state index contributed by atoms with van der Waals surface area (Å²) < 4.78 is 16.3. The van der Waals surface area contributed by atoms with Gasteiger partial charge >= 0.3 is 5.97 Å². The van der Waals surface area contributed by atoms with Crippen LogP contribution in [0.25, 0.3) is 0 Å². The minimum atomic E-state index is -0.407. The average molecular weight is 284 g/mol. The summed E-state index contributed by atoms with van der Waals surface area (Å²) in [6.07, 6.45) is 0. The van der Waals surface area contributed by atoms with Crippen molar-refractivity contribution in [3.05, 3.63) is 53.1 Å². The standard InChI is InChI=1S/C17H16O4/c1-11-3-5-14(9-12(11)2)21-17(18)13-4-6-15-16(10-13)20-8-7-19-15/h3-6,9-10H,7-8H2,1-2H3. The Morgan fingerprint density at radius 2 is 1.71 bits per heavy atom. The molecule has 0 fully saturated rings. The lowest BCUT2D eigenvalue weighted by Crippen LogP contribution is -2.16. The molecule has 1 aliphatic rings. The highest BCUT2D eigenvalue weighted by atomic mass is 16.6. The maximum Gasteiger partial charge on any atom is 0.343 e. The number of rotatable bonds is 2. The molecule has 0 amide bonds. The molecule has 0 bridgehead atoms. The molecular weight excluding hydrogens is 268 g/mol. The van der Waals surface area contributed by atoms with E-state index >= 15 is 0 Å². The number of esters is 1. The zero-order valence-corrected chi connectivity index (χ0v) is 12.0. The van der Waals surface area contributed by atoms with E-state index in [1.54, 1.807) is 24.3 Å². The van der Waals surface area contributed by atoms with Crippen molar-refractivity contribution in [1.82, 2.24) is 0 Å². The van der Waals surface area contributed by atoms with Gasteiger partial charge in [-0.15, -0.1) is 0 Å². The van der Waals surface area contributed by atoms with Crippen LogP contribution >= 0.6 is 0 Å². The van der Waals surface area contributed by atoms with Crippen molar-refractivity contribution in [2.45, 2.75) is 13.8 Å². The van der Waals surface area contributed by atoms with Crippen LogP contribution in [0.15, 0.2) is 36.4 Å². The van der Waals surface area contributed by atoms with E-state index in [-0.39, 0.29) is 0 Å². The average Bonchev–Trinajstić information content (AvgIpc) is 2.50. The summed E-state index contributed by atoms with van der Waals surface area (Å²) in [7, 11) is 0. The van der Waals surface area contributed by atoms with Gasteiger partial charge in [0, 0.05) is 0 Å². The molecule has 21 heavy (non-hydrogen) atoms. The first-order valence-electron chi connectivity index (χ1n) is 6.82. The number of carbonyl (C=O) groups excluding carboxylic acids is 1. The Hall–Kier alpha value is -2.49. The molecule has 3 rings (SSSR count). The third-order valence-corrected chi connectivity index (χ3v) is 3.47. The fourth-order valence-corrected chi connectivity index (χ4v) is 2.11. The van der Waals surface area contributed by atoms with E-state index in [4.69, 9.17) is 14.2 Å². The Morgan fingerprint density at radius 3 is 2.48 bits per heavy atom. The summed E-state index contributed by atoms with van der Waals surface area (Å²) in [5, 5.41) is 0. The minimum Gasteiger partial charge on any atom is -0.486 e. The van der Waals surface area contributed by atoms with Gasteiger partial charge in [0.15, 0.2) is 11.5 Å². The molecule has 4 nitrogen and oxygen atoms in total. The SMILES string of the molecule is Cc1ccc(OC(=O)c2ccc3c(c2)OCCO3)cc1C. The first-order chi connectivity index (χ1) is 10.1. The van der Waals surface area contributed by atoms with Crippen molar-refractivity contribution >= 4 is 5.97 Å². The minimum absolute atomic E-state index is 0.407. The molecule has 1 heterocycles. The van der Waals surface area contributed by atoms with Crippen molar-refractivity contribution in [1.29, 1.82) is 0 Å². The summed E-state index contributed by atoms with van der Waals surface area (Å²) in [4.78, 5) is 12.2. The van der Waals surface area contributed by atoms with Crippen molar-refractivity contribution < 1.29 is 19.0 Å². The monoisotopic (exact) mass is 284 g/mol. The first-order valence-corrected chi connectivity index (χ1v) is 6.82. The maximum absolute atomic E-state index is 12.2. The van der Waals surface area contributed by atoms with Crippen molar-refractivity contribution in [3.63, 3.8) is 0 Å². The Bertz CT molecular complexity index is 691. The molecule has 4 heteroatoms. The van der Waals surface area contributed by atoms with Gasteiger partial charge in [0.1, 0.15) is 19.0 Å². The second kappa shape index (κ2) is 5.48. The van der Waals surface area contributed by atoms with Crippen LogP contribution in [-0.2, 0) is 0 Å². The Morgan fingerprint density at radius 1 is 0.952 bits per heavy atom. The van der Waals surface area contributed by atoms with E-state index in [0.29, 0.717) is 36.0 Å². The number of fused-ring (bicyclic) bond motifs is 1. The Labute approximate surface area is 123 Å². The van der Waals surface area contributed by atoms with E-state index in [0.717, 1.165) is 11.1 Å². The van der Waals surface area contributed by atoms with E-state index < -0.39 is 5.97 Å². The van der Waals surface area contributed by atoms with Crippen LogP contribution in [0, 0.1) is 13.8 Å². The third kappa shape index (κ3) is 2.84. The van der Waals surface area contributed by atoms with Gasteiger partial charge in [0.05, 0.1) is 5.56 Å². The van der Waals surface area contributed by atoms with Gasteiger partial charge in [0.25, 0.3) is 0 Å². The molecule has 0 unspecified atom stereocenters. The number of carbonyl (C=O) groups is 1. The quantitative estimate of drug-likeness (QED) is 0.627. The second-order valence-corrected chi connectivity index (χ2v) is 4.99. The molecule has 0 atom stereocenters.